The van der Waals surface area contributed by atoms with Gasteiger partial charge in [0.15, 0.2) is 0 Å². The lowest BCUT2D eigenvalue weighted by Gasteiger charge is -2.24. The lowest BCUT2D eigenvalue weighted by atomic mass is 10.4. The predicted octanol–water partition coefficient (Wildman–Crippen LogP) is 5.29. The van der Waals surface area contributed by atoms with Gasteiger partial charge in [0.2, 0.25) is 0 Å². The van der Waals surface area contributed by atoms with E-state index < -0.39 is 26.5 Å². The molecule has 10 heteroatoms. The first-order valence-corrected chi connectivity index (χ1v) is 8.04. The van der Waals surface area contributed by atoms with Crippen molar-refractivity contribution in [3.05, 3.63) is 0 Å². The summed E-state index contributed by atoms with van der Waals surface area (Å²) in [7, 11) is -4.74. The van der Waals surface area contributed by atoms with Gasteiger partial charge in [0.05, 0.1) is 13.2 Å². The Bertz CT molecular complexity index is 321. The smallest absolute Gasteiger partial charge is 0.287 e. The molecule has 0 atom stereocenters. The van der Waals surface area contributed by atoms with Crippen molar-refractivity contribution in [2.45, 2.75) is 58.2 Å². The van der Waals surface area contributed by atoms with Gasteiger partial charge >= 0.3 is 20.1 Å². The monoisotopic (exact) mass is 342 g/mol. The van der Waals surface area contributed by atoms with E-state index in [9.17, 15) is 26.5 Å². The van der Waals surface area contributed by atoms with E-state index in [0.717, 1.165) is 0 Å². The SMILES string of the molecule is CCCCOP(=O)(OCCCC)OC(F)(F)CC(F)(F)F. The maximum Gasteiger partial charge on any atom is 0.479 e. The van der Waals surface area contributed by atoms with Gasteiger partial charge in [-0.15, -0.1) is 0 Å². The molecule has 0 aromatic rings. The van der Waals surface area contributed by atoms with E-state index in [1.807, 2.05) is 0 Å². The number of phosphoric ester groups is 1. The Kier molecular flexibility index (Phi) is 8.92. The lowest BCUT2D eigenvalue weighted by Crippen LogP contribution is -2.28. The van der Waals surface area contributed by atoms with Crippen LogP contribution in [-0.2, 0) is 18.1 Å². The van der Waals surface area contributed by atoms with Crippen LogP contribution < -0.4 is 0 Å². The summed E-state index contributed by atoms with van der Waals surface area (Å²) in [5, 5.41) is 0. The molecule has 0 aliphatic rings. The van der Waals surface area contributed by atoms with Crippen molar-refractivity contribution in [2.75, 3.05) is 13.2 Å². The van der Waals surface area contributed by atoms with Crippen LogP contribution >= 0.6 is 7.82 Å². The molecule has 0 aromatic heterocycles. The van der Waals surface area contributed by atoms with E-state index in [0.29, 0.717) is 25.7 Å². The molecular formula is C11H20F5O4P. The van der Waals surface area contributed by atoms with Gasteiger partial charge < -0.3 is 0 Å². The topological polar surface area (TPSA) is 44.8 Å². The summed E-state index contributed by atoms with van der Waals surface area (Å²) in [6, 6.07) is 0. The molecule has 0 rings (SSSR count). The third kappa shape index (κ3) is 11.0. The van der Waals surface area contributed by atoms with Crippen molar-refractivity contribution in [3.8, 4) is 0 Å². The zero-order valence-corrected chi connectivity index (χ0v) is 12.8. The first-order valence-electron chi connectivity index (χ1n) is 6.58. The number of rotatable bonds is 11. The molecule has 0 bridgehead atoms. The first kappa shape index (κ1) is 20.8. The molecule has 0 amide bonds. The van der Waals surface area contributed by atoms with E-state index in [2.05, 4.69) is 13.6 Å². The van der Waals surface area contributed by atoms with Gasteiger partial charge in [0.25, 0.3) is 0 Å². The average Bonchev–Trinajstić information content (AvgIpc) is 2.25. The van der Waals surface area contributed by atoms with Crippen LogP contribution in [-0.4, -0.2) is 25.5 Å². The highest BCUT2D eigenvalue weighted by atomic mass is 31.2. The fourth-order valence-electron chi connectivity index (χ4n) is 1.16. The molecule has 4 nitrogen and oxygen atoms in total. The van der Waals surface area contributed by atoms with E-state index in [4.69, 9.17) is 0 Å². The van der Waals surface area contributed by atoms with Crippen LogP contribution in [0.2, 0.25) is 0 Å². The Labute approximate surface area is 120 Å². The van der Waals surface area contributed by atoms with Gasteiger partial charge in [-0.1, -0.05) is 26.7 Å². The Morgan fingerprint density at radius 3 is 1.67 bits per heavy atom. The van der Waals surface area contributed by atoms with E-state index in [1.54, 1.807) is 13.8 Å². The van der Waals surface area contributed by atoms with Gasteiger partial charge in [-0.3, -0.25) is 9.05 Å². The molecule has 0 fully saturated rings. The average molecular weight is 342 g/mol. The van der Waals surface area contributed by atoms with Crippen LogP contribution in [0.3, 0.4) is 0 Å². The molecule has 0 aromatic carbocycles. The zero-order valence-electron chi connectivity index (χ0n) is 11.9. The van der Waals surface area contributed by atoms with Crippen molar-refractivity contribution < 1.29 is 40.1 Å². The standard InChI is InChI=1S/C11H20F5O4P/c1-3-5-7-18-21(17,19-8-6-4-2)20-11(15,16)9-10(12,13)14/h3-9H2,1-2H3. The van der Waals surface area contributed by atoms with Crippen molar-refractivity contribution in [1.29, 1.82) is 0 Å². The second-order valence-corrected chi connectivity index (χ2v) is 5.93. The first-order chi connectivity index (χ1) is 9.54. The number of alkyl halides is 5. The van der Waals surface area contributed by atoms with Crippen molar-refractivity contribution in [3.63, 3.8) is 0 Å². The zero-order chi connectivity index (χ0) is 16.6. The van der Waals surface area contributed by atoms with E-state index in [-0.39, 0.29) is 13.2 Å². The van der Waals surface area contributed by atoms with Gasteiger partial charge in [-0.2, -0.15) is 22.0 Å². The lowest BCUT2D eigenvalue weighted by molar-refractivity contribution is -0.261. The molecule has 0 spiro atoms. The minimum absolute atomic E-state index is 0.206. The Balaban J connectivity index is 4.73. The Morgan fingerprint density at radius 2 is 1.33 bits per heavy atom. The molecule has 0 aliphatic heterocycles. The van der Waals surface area contributed by atoms with Crippen molar-refractivity contribution >= 4 is 7.82 Å². The minimum Gasteiger partial charge on any atom is -0.287 e. The van der Waals surface area contributed by atoms with Crippen LogP contribution in [0.1, 0.15) is 46.0 Å². The largest absolute Gasteiger partial charge is 0.479 e. The fourth-order valence-corrected chi connectivity index (χ4v) is 2.44. The van der Waals surface area contributed by atoms with Gasteiger partial charge in [-0.05, 0) is 12.8 Å². The second kappa shape index (κ2) is 9.02. The summed E-state index contributed by atoms with van der Waals surface area (Å²) in [6.45, 7) is 3.13. The number of phosphoric acid groups is 1. The number of unbranched alkanes of at least 4 members (excludes halogenated alkanes) is 2. The second-order valence-electron chi connectivity index (χ2n) is 4.34. The van der Waals surface area contributed by atoms with Gasteiger partial charge in [0, 0.05) is 0 Å². The molecule has 0 saturated carbocycles. The molecule has 0 heterocycles. The molecule has 0 aliphatic carbocycles. The van der Waals surface area contributed by atoms with Crippen LogP contribution in [0.5, 0.6) is 0 Å². The highest BCUT2D eigenvalue weighted by Gasteiger charge is 2.50. The number of hydrogen-bond acceptors (Lipinski definition) is 4. The van der Waals surface area contributed by atoms with Crippen molar-refractivity contribution in [1.82, 2.24) is 0 Å². The quantitative estimate of drug-likeness (QED) is 0.291. The fraction of sp³-hybridized carbons (Fsp3) is 1.00. The normalized spacial score (nSPS) is 13.7. The maximum absolute atomic E-state index is 13.2. The molecule has 0 unspecified atom stereocenters. The van der Waals surface area contributed by atoms with Crippen LogP contribution in [0, 0.1) is 0 Å². The predicted molar refractivity (Wildman–Crippen MR) is 66.0 cm³/mol. The number of hydrogen-bond donors (Lipinski definition) is 0. The van der Waals surface area contributed by atoms with E-state index in [1.165, 1.54) is 0 Å². The molecule has 128 valence electrons. The summed E-state index contributed by atoms with van der Waals surface area (Å²) in [4.78, 5) is 0. The van der Waals surface area contributed by atoms with Gasteiger partial charge in [-0.25, -0.2) is 9.09 Å². The summed E-state index contributed by atoms with van der Waals surface area (Å²) >= 11 is 0. The Hall–Kier alpha value is -0.240. The van der Waals surface area contributed by atoms with Crippen LogP contribution in [0.4, 0.5) is 22.0 Å². The molecule has 0 N–H and O–H groups in total. The summed E-state index contributed by atoms with van der Waals surface area (Å²) < 4.78 is 87.3. The van der Waals surface area contributed by atoms with Crippen LogP contribution in [0.15, 0.2) is 0 Å². The number of halogens is 5. The minimum atomic E-state index is -5.17. The van der Waals surface area contributed by atoms with Crippen molar-refractivity contribution in [2.24, 2.45) is 0 Å². The summed E-state index contributed by atoms with van der Waals surface area (Å²) in [5.74, 6) is 0. The molecular weight excluding hydrogens is 322 g/mol. The van der Waals surface area contributed by atoms with E-state index >= 15 is 0 Å². The molecule has 0 saturated heterocycles. The molecule has 0 radical (unpaired) electrons. The van der Waals surface area contributed by atoms with Crippen LogP contribution in [0.25, 0.3) is 0 Å². The highest BCUT2D eigenvalue weighted by Crippen LogP contribution is 2.55. The molecule has 21 heavy (non-hydrogen) atoms. The Morgan fingerprint density at radius 1 is 0.905 bits per heavy atom. The highest BCUT2D eigenvalue weighted by molar-refractivity contribution is 7.48. The third-order valence-corrected chi connectivity index (χ3v) is 3.63. The third-order valence-electron chi connectivity index (χ3n) is 2.15. The summed E-state index contributed by atoms with van der Waals surface area (Å²) in [6.07, 6.45) is -10.4. The van der Waals surface area contributed by atoms with Gasteiger partial charge in [0.1, 0.15) is 6.42 Å². The maximum atomic E-state index is 13.2. The summed E-state index contributed by atoms with van der Waals surface area (Å²) in [5.41, 5.74) is 0.